The van der Waals surface area contributed by atoms with Gasteiger partial charge in [-0.2, -0.15) is 0 Å². The van der Waals surface area contributed by atoms with Gasteiger partial charge in [0.15, 0.2) is 0 Å². The van der Waals surface area contributed by atoms with Crippen LogP contribution >= 0.6 is 15.9 Å². The molecule has 0 aliphatic heterocycles. The maximum absolute atomic E-state index is 10.7. The third-order valence-corrected chi connectivity index (χ3v) is 2.69. The molecule has 78 valence electrons. The zero-order chi connectivity index (χ0) is 11.0. The van der Waals surface area contributed by atoms with Gasteiger partial charge in [0.05, 0.1) is 11.0 Å². The number of rotatable bonds is 2. The molecule has 1 aromatic carbocycles. The van der Waals surface area contributed by atoms with E-state index in [1.807, 2.05) is 18.2 Å². The average Bonchev–Trinajstić information content (AvgIpc) is 2.43. The molecule has 1 N–H and O–H groups in total. The Kier molecular flexibility index (Phi) is 2.48. The topological polar surface area (TPSA) is 55.1 Å². The smallest absolute Gasteiger partial charge is 0.323 e. The molecule has 0 aliphatic carbocycles. The number of hydrogen-bond donors (Lipinski definition) is 1. The van der Waals surface area contributed by atoms with Crippen LogP contribution in [0.3, 0.4) is 0 Å². The third kappa shape index (κ3) is 1.87. The van der Waals surface area contributed by atoms with Crippen molar-refractivity contribution in [2.45, 2.75) is 13.5 Å². The van der Waals surface area contributed by atoms with Gasteiger partial charge in [0, 0.05) is 4.47 Å². The van der Waals surface area contributed by atoms with E-state index < -0.39 is 5.97 Å². The monoisotopic (exact) mass is 268 g/mol. The fraction of sp³-hybridized carbons (Fsp3) is 0.200. The number of aryl methyl sites for hydroxylation is 1. The summed E-state index contributed by atoms with van der Waals surface area (Å²) in [4.78, 5) is 15.0. The first-order valence-corrected chi connectivity index (χ1v) is 5.21. The first kappa shape index (κ1) is 10.2. The van der Waals surface area contributed by atoms with Crippen molar-refractivity contribution >= 4 is 32.9 Å². The quantitative estimate of drug-likeness (QED) is 0.909. The minimum atomic E-state index is -0.864. The predicted molar refractivity (Wildman–Crippen MR) is 59.8 cm³/mol. The minimum Gasteiger partial charge on any atom is -0.480 e. The predicted octanol–water partition coefficient (Wildman–Crippen LogP) is 2.19. The van der Waals surface area contributed by atoms with Crippen molar-refractivity contribution in [2.24, 2.45) is 0 Å². The van der Waals surface area contributed by atoms with Crippen molar-refractivity contribution < 1.29 is 9.90 Å². The molecule has 0 fully saturated rings. The highest BCUT2D eigenvalue weighted by atomic mass is 79.9. The molecule has 0 saturated carbocycles. The molecule has 0 atom stereocenters. The lowest BCUT2D eigenvalue weighted by molar-refractivity contribution is -0.137. The van der Waals surface area contributed by atoms with E-state index >= 15 is 0 Å². The number of hydrogen-bond acceptors (Lipinski definition) is 2. The van der Waals surface area contributed by atoms with Crippen LogP contribution in [0, 0.1) is 6.92 Å². The number of carboxylic acid groups (broad SMARTS) is 1. The number of benzene rings is 1. The Morgan fingerprint density at radius 2 is 2.33 bits per heavy atom. The van der Waals surface area contributed by atoms with E-state index in [1.165, 1.54) is 0 Å². The van der Waals surface area contributed by atoms with E-state index in [2.05, 4.69) is 20.9 Å². The zero-order valence-corrected chi connectivity index (χ0v) is 9.65. The highest BCUT2D eigenvalue weighted by Gasteiger charge is 2.09. The molecule has 0 bridgehead atoms. The number of imidazole rings is 1. The zero-order valence-electron chi connectivity index (χ0n) is 8.07. The summed E-state index contributed by atoms with van der Waals surface area (Å²) in [6.07, 6.45) is 0. The van der Waals surface area contributed by atoms with Gasteiger partial charge < -0.3 is 9.67 Å². The van der Waals surface area contributed by atoms with Crippen LogP contribution in [0.1, 0.15) is 5.82 Å². The highest BCUT2D eigenvalue weighted by molar-refractivity contribution is 9.10. The maximum Gasteiger partial charge on any atom is 0.323 e. The first-order chi connectivity index (χ1) is 7.08. The van der Waals surface area contributed by atoms with Gasteiger partial charge in [0.1, 0.15) is 12.4 Å². The number of fused-ring (bicyclic) bond motifs is 1. The highest BCUT2D eigenvalue weighted by Crippen LogP contribution is 2.20. The lowest BCUT2D eigenvalue weighted by atomic mass is 10.3. The fourth-order valence-electron chi connectivity index (χ4n) is 1.55. The van der Waals surface area contributed by atoms with Crippen LogP contribution in [0.25, 0.3) is 11.0 Å². The molecule has 15 heavy (non-hydrogen) atoms. The van der Waals surface area contributed by atoms with Crippen LogP contribution in [0.4, 0.5) is 0 Å². The number of aliphatic carboxylic acids is 1. The largest absolute Gasteiger partial charge is 0.480 e. The van der Waals surface area contributed by atoms with Crippen LogP contribution in [0.15, 0.2) is 22.7 Å². The molecule has 0 radical (unpaired) electrons. The Morgan fingerprint density at radius 1 is 1.60 bits per heavy atom. The van der Waals surface area contributed by atoms with Crippen LogP contribution in [-0.4, -0.2) is 20.6 Å². The number of carboxylic acids is 1. The summed E-state index contributed by atoms with van der Waals surface area (Å²) in [5.41, 5.74) is 1.65. The van der Waals surface area contributed by atoms with Crippen LogP contribution in [-0.2, 0) is 11.3 Å². The van der Waals surface area contributed by atoms with Crippen molar-refractivity contribution in [2.75, 3.05) is 0 Å². The SMILES string of the molecule is Cc1nc2ccc(Br)cc2n1CC(=O)O. The number of nitrogens with zero attached hydrogens (tertiary/aromatic N) is 2. The molecule has 0 unspecified atom stereocenters. The van der Waals surface area contributed by atoms with Gasteiger partial charge in [-0.05, 0) is 25.1 Å². The summed E-state index contributed by atoms with van der Waals surface area (Å²) < 4.78 is 2.60. The Hall–Kier alpha value is -1.36. The van der Waals surface area contributed by atoms with Gasteiger partial charge in [-0.1, -0.05) is 15.9 Å². The second-order valence-electron chi connectivity index (χ2n) is 3.27. The summed E-state index contributed by atoms with van der Waals surface area (Å²) >= 11 is 3.35. The van der Waals surface area contributed by atoms with E-state index in [0.717, 1.165) is 15.5 Å². The first-order valence-electron chi connectivity index (χ1n) is 4.42. The number of halogens is 1. The summed E-state index contributed by atoms with van der Waals surface area (Å²) in [6.45, 7) is 1.75. The van der Waals surface area contributed by atoms with Gasteiger partial charge >= 0.3 is 5.97 Å². The second-order valence-corrected chi connectivity index (χ2v) is 4.19. The molecule has 1 heterocycles. The maximum atomic E-state index is 10.7. The summed E-state index contributed by atoms with van der Waals surface area (Å²) in [5.74, 6) is -0.150. The molecule has 2 rings (SSSR count). The normalized spacial score (nSPS) is 10.8. The van der Waals surface area contributed by atoms with Gasteiger partial charge in [-0.25, -0.2) is 4.98 Å². The molecule has 1 aromatic heterocycles. The molecule has 0 saturated heterocycles. The van der Waals surface area contributed by atoms with Crippen LogP contribution in [0.5, 0.6) is 0 Å². The summed E-state index contributed by atoms with van der Waals surface area (Å²) in [6, 6.07) is 5.63. The van der Waals surface area contributed by atoms with Gasteiger partial charge in [-0.3, -0.25) is 4.79 Å². The second kappa shape index (κ2) is 3.66. The molecular weight excluding hydrogens is 260 g/mol. The van der Waals surface area contributed by atoms with Crippen molar-refractivity contribution in [1.29, 1.82) is 0 Å². The lowest BCUT2D eigenvalue weighted by Crippen LogP contribution is -2.09. The van der Waals surface area contributed by atoms with Crippen molar-refractivity contribution in [3.05, 3.63) is 28.5 Å². The Morgan fingerprint density at radius 3 is 3.00 bits per heavy atom. The Bertz CT molecular complexity index is 533. The Balaban J connectivity index is 2.65. The van der Waals surface area contributed by atoms with Gasteiger partial charge in [-0.15, -0.1) is 0 Å². The van der Waals surface area contributed by atoms with E-state index in [4.69, 9.17) is 5.11 Å². The average molecular weight is 269 g/mol. The number of aromatic nitrogens is 2. The molecule has 4 nitrogen and oxygen atoms in total. The van der Waals surface area contributed by atoms with E-state index in [-0.39, 0.29) is 6.54 Å². The van der Waals surface area contributed by atoms with E-state index in [9.17, 15) is 4.79 Å². The Labute approximate surface area is 94.7 Å². The van der Waals surface area contributed by atoms with E-state index in [1.54, 1.807) is 11.5 Å². The molecule has 5 heteroatoms. The molecule has 0 spiro atoms. The van der Waals surface area contributed by atoms with Crippen LogP contribution in [0.2, 0.25) is 0 Å². The van der Waals surface area contributed by atoms with Crippen molar-refractivity contribution in [3.63, 3.8) is 0 Å². The molecule has 2 aromatic rings. The minimum absolute atomic E-state index is 0.0568. The van der Waals surface area contributed by atoms with Gasteiger partial charge in [0.2, 0.25) is 0 Å². The summed E-state index contributed by atoms with van der Waals surface area (Å²) in [5, 5.41) is 8.78. The fourth-order valence-corrected chi connectivity index (χ4v) is 1.90. The molecular formula is C10H9BrN2O2. The van der Waals surface area contributed by atoms with Crippen LogP contribution < -0.4 is 0 Å². The summed E-state index contributed by atoms with van der Waals surface area (Å²) in [7, 11) is 0. The number of carbonyl (C=O) groups is 1. The molecule has 0 aliphatic rings. The lowest BCUT2D eigenvalue weighted by Gasteiger charge is -2.02. The third-order valence-electron chi connectivity index (χ3n) is 2.19. The molecule has 0 amide bonds. The van der Waals surface area contributed by atoms with Crippen molar-refractivity contribution in [1.82, 2.24) is 9.55 Å². The van der Waals surface area contributed by atoms with Crippen molar-refractivity contribution in [3.8, 4) is 0 Å². The van der Waals surface area contributed by atoms with E-state index in [0.29, 0.717) is 5.82 Å². The van der Waals surface area contributed by atoms with Gasteiger partial charge in [0.25, 0.3) is 0 Å². The standard InChI is InChI=1S/C10H9BrN2O2/c1-6-12-8-3-2-7(11)4-9(8)13(6)5-10(14)15/h2-4H,5H2,1H3,(H,14,15).